The highest BCUT2D eigenvalue weighted by molar-refractivity contribution is 5.35. The molecule has 0 aliphatic carbocycles. The zero-order valence-corrected chi connectivity index (χ0v) is 7.45. The number of anilines is 1. The van der Waals surface area contributed by atoms with Crippen LogP contribution >= 0.6 is 0 Å². The molecule has 0 N–H and O–H groups in total. The Bertz CT molecular complexity index is 213. The second kappa shape index (κ2) is 4.72. The topological polar surface area (TPSA) is 25.4 Å². The maximum absolute atomic E-state index is 4.96. The van der Waals surface area contributed by atoms with E-state index in [0.717, 1.165) is 19.0 Å². The van der Waals surface area contributed by atoms with Gasteiger partial charge in [-0.2, -0.15) is 0 Å². The normalized spacial score (nSPS) is 9.83. The first-order valence-corrected chi connectivity index (χ1v) is 3.87. The van der Waals surface area contributed by atoms with Gasteiger partial charge in [0, 0.05) is 33.0 Å². The van der Waals surface area contributed by atoms with Crippen LogP contribution in [-0.2, 0) is 4.74 Å². The van der Waals surface area contributed by atoms with Gasteiger partial charge in [-0.3, -0.25) is 0 Å². The summed E-state index contributed by atoms with van der Waals surface area (Å²) in [6.07, 6.45) is 1.67. The Hall–Kier alpha value is -1.09. The zero-order valence-electron chi connectivity index (χ0n) is 7.45. The van der Waals surface area contributed by atoms with E-state index >= 15 is 0 Å². The molecule has 1 aromatic heterocycles. The van der Waals surface area contributed by atoms with Crippen LogP contribution in [0.2, 0.25) is 0 Å². The van der Waals surface area contributed by atoms with E-state index < -0.39 is 0 Å². The van der Waals surface area contributed by atoms with Crippen LogP contribution in [0, 0.1) is 6.07 Å². The van der Waals surface area contributed by atoms with Gasteiger partial charge in [0.15, 0.2) is 0 Å². The first-order valence-electron chi connectivity index (χ1n) is 3.87. The molecule has 0 atom stereocenters. The van der Waals surface area contributed by atoms with Crippen molar-refractivity contribution in [1.82, 2.24) is 4.98 Å². The van der Waals surface area contributed by atoms with Crippen LogP contribution in [0.5, 0.6) is 0 Å². The minimum Gasteiger partial charge on any atom is -0.383 e. The van der Waals surface area contributed by atoms with Gasteiger partial charge < -0.3 is 9.64 Å². The molecule has 0 bridgehead atoms. The Morgan fingerprint density at radius 3 is 3.08 bits per heavy atom. The maximum atomic E-state index is 4.96. The summed E-state index contributed by atoms with van der Waals surface area (Å²) in [4.78, 5) is 6.19. The Kier molecular flexibility index (Phi) is 3.54. The summed E-state index contributed by atoms with van der Waals surface area (Å²) in [5.41, 5.74) is 0. The molecule has 0 saturated heterocycles. The second-order valence-electron chi connectivity index (χ2n) is 2.53. The number of aromatic nitrogens is 1. The van der Waals surface area contributed by atoms with Gasteiger partial charge in [0.1, 0.15) is 5.82 Å². The molecule has 0 amide bonds. The summed E-state index contributed by atoms with van der Waals surface area (Å²) in [7, 11) is 3.68. The van der Waals surface area contributed by atoms with Crippen LogP contribution in [0.25, 0.3) is 0 Å². The van der Waals surface area contributed by atoms with Gasteiger partial charge in [-0.1, -0.05) is 0 Å². The first-order chi connectivity index (χ1) is 5.84. The molecule has 0 unspecified atom stereocenters. The van der Waals surface area contributed by atoms with E-state index in [1.807, 2.05) is 24.1 Å². The molecule has 1 rings (SSSR count). The Morgan fingerprint density at radius 2 is 2.50 bits per heavy atom. The van der Waals surface area contributed by atoms with Crippen molar-refractivity contribution in [2.45, 2.75) is 0 Å². The van der Waals surface area contributed by atoms with Crippen molar-refractivity contribution >= 4 is 5.82 Å². The number of rotatable bonds is 4. The molecular weight excluding hydrogens is 152 g/mol. The Labute approximate surface area is 73.0 Å². The number of methoxy groups -OCH3 is 1. The number of nitrogens with zero attached hydrogens (tertiary/aromatic N) is 2. The van der Waals surface area contributed by atoms with E-state index in [0.29, 0.717) is 0 Å². The molecule has 12 heavy (non-hydrogen) atoms. The standard InChI is InChI=1S/C9H13N2O/c1-11(7-8-12-2)9-5-3-4-6-10-9/h3,5-6H,7-8H2,1-2H3. The fourth-order valence-electron chi connectivity index (χ4n) is 0.881. The van der Waals surface area contributed by atoms with Crippen LogP contribution < -0.4 is 4.90 Å². The molecular formula is C9H13N2O. The minimum absolute atomic E-state index is 0.719. The molecule has 0 spiro atoms. The lowest BCUT2D eigenvalue weighted by molar-refractivity contribution is 0.206. The SMILES string of the molecule is COCCN(C)c1cc[c]cn1. The summed E-state index contributed by atoms with van der Waals surface area (Å²) in [5.74, 6) is 0.950. The van der Waals surface area contributed by atoms with E-state index in [2.05, 4.69) is 11.1 Å². The lowest BCUT2D eigenvalue weighted by atomic mass is 10.4. The molecule has 0 aliphatic rings. The molecule has 0 saturated carbocycles. The fourth-order valence-corrected chi connectivity index (χ4v) is 0.881. The van der Waals surface area contributed by atoms with E-state index in [1.54, 1.807) is 13.3 Å². The number of hydrogen-bond acceptors (Lipinski definition) is 3. The predicted molar refractivity (Wildman–Crippen MR) is 48.2 cm³/mol. The van der Waals surface area contributed by atoms with Gasteiger partial charge >= 0.3 is 0 Å². The van der Waals surface area contributed by atoms with Crippen molar-refractivity contribution in [3.8, 4) is 0 Å². The smallest absolute Gasteiger partial charge is 0.128 e. The lowest BCUT2D eigenvalue weighted by Crippen LogP contribution is -2.22. The summed E-state index contributed by atoms with van der Waals surface area (Å²) in [5, 5.41) is 0. The van der Waals surface area contributed by atoms with Crippen LogP contribution in [0.1, 0.15) is 0 Å². The number of ether oxygens (including phenoxy) is 1. The number of hydrogen-bond donors (Lipinski definition) is 0. The summed E-state index contributed by atoms with van der Waals surface area (Å²) >= 11 is 0. The van der Waals surface area contributed by atoms with Gasteiger partial charge in [0.2, 0.25) is 0 Å². The van der Waals surface area contributed by atoms with E-state index in [1.165, 1.54) is 0 Å². The third-order valence-electron chi connectivity index (χ3n) is 1.62. The van der Waals surface area contributed by atoms with E-state index in [9.17, 15) is 0 Å². The van der Waals surface area contributed by atoms with Gasteiger partial charge in [-0.15, -0.1) is 0 Å². The highest BCUT2D eigenvalue weighted by Gasteiger charge is 1.98. The molecule has 0 aromatic carbocycles. The third-order valence-corrected chi connectivity index (χ3v) is 1.62. The fraction of sp³-hybridized carbons (Fsp3) is 0.444. The molecule has 0 fully saturated rings. The number of likely N-dealkylation sites (N-methyl/N-ethyl adjacent to an activating group) is 1. The first kappa shape index (κ1) is 9.00. The Balaban J connectivity index is 2.48. The maximum Gasteiger partial charge on any atom is 0.128 e. The van der Waals surface area contributed by atoms with Crippen molar-refractivity contribution < 1.29 is 4.74 Å². The van der Waals surface area contributed by atoms with Crippen molar-refractivity contribution in [3.63, 3.8) is 0 Å². The molecule has 65 valence electrons. The van der Waals surface area contributed by atoms with Crippen molar-refractivity contribution in [2.24, 2.45) is 0 Å². The quantitative estimate of drug-likeness (QED) is 0.664. The van der Waals surface area contributed by atoms with Gasteiger partial charge in [-0.05, 0) is 12.1 Å². The van der Waals surface area contributed by atoms with Crippen molar-refractivity contribution in [3.05, 3.63) is 24.4 Å². The summed E-state index contributed by atoms with van der Waals surface area (Å²) in [6.45, 7) is 1.57. The molecule has 1 aromatic rings. The summed E-state index contributed by atoms with van der Waals surface area (Å²) in [6, 6.07) is 6.65. The molecule has 3 heteroatoms. The second-order valence-corrected chi connectivity index (χ2v) is 2.53. The molecule has 3 nitrogen and oxygen atoms in total. The molecule has 0 aliphatic heterocycles. The third kappa shape index (κ3) is 2.51. The van der Waals surface area contributed by atoms with Crippen LogP contribution in [0.15, 0.2) is 18.3 Å². The van der Waals surface area contributed by atoms with Gasteiger partial charge in [0.25, 0.3) is 0 Å². The van der Waals surface area contributed by atoms with Crippen molar-refractivity contribution in [2.75, 3.05) is 32.2 Å². The van der Waals surface area contributed by atoms with Crippen LogP contribution in [0.4, 0.5) is 5.82 Å². The minimum atomic E-state index is 0.719. The van der Waals surface area contributed by atoms with E-state index in [-0.39, 0.29) is 0 Å². The monoisotopic (exact) mass is 165 g/mol. The molecule has 1 heterocycles. The van der Waals surface area contributed by atoms with E-state index in [4.69, 9.17) is 4.74 Å². The van der Waals surface area contributed by atoms with Gasteiger partial charge in [-0.25, -0.2) is 4.98 Å². The zero-order chi connectivity index (χ0) is 8.81. The average molecular weight is 165 g/mol. The van der Waals surface area contributed by atoms with Crippen LogP contribution in [0.3, 0.4) is 0 Å². The predicted octanol–water partition coefficient (Wildman–Crippen LogP) is 0.964. The van der Waals surface area contributed by atoms with Crippen molar-refractivity contribution in [1.29, 1.82) is 0 Å². The lowest BCUT2D eigenvalue weighted by Gasteiger charge is -2.16. The molecule has 1 radical (unpaired) electrons. The Morgan fingerprint density at radius 1 is 1.67 bits per heavy atom. The van der Waals surface area contributed by atoms with Gasteiger partial charge in [0.05, 0.1) is 6.61 Å². The summed E-state index contributed by atoms with van der Waals surface area (Å²) < 4.78 is 4.96. The average Bonchev–Trinajstić information content (AvgIpc) is 2.15. The largest absolute Gasteiger partial charge is 0.383 e. The number of pyridine rings is 1. The highest BCUT2D eigenvalue weighted by Crippen LogP contribution is 2.04. The van der Waals surface area contributed by atoms with Crippen LogP contribution in [-0.4, -0.2) is 32.3 Å². The highest BCUT2D eigenvalue weighted by atomic mass is 16.5.